The standard InChI is InChI=1S/C17H15F3N2O3S/c1-11-21(2)15-8-5-13(17(18,19)20)9-16(15)22(11)10-12-3-6-14(7-4-12)26(23,24)25/h3-9H,10H2,1-2H3. The molecule has 3 rings (SSSR count). The van der Waals surface area contributed by atoms with E-state index in [2.05, 4.69) is 0 Å². The zero-order valence-corrected chi connectivity index (χ0v) is 14.7. The Bertz CT molecular complexity index is 1090. The summed E-state index contributed by atoms with van der Waals surface area (Å²) in [5, 5.41) is 0. The SMILES string of the molecule is Cc1n(Cc2ccc(S(=O)(=O)[O-])cc2)c2cc(C(F)(F)F)ccc2[n+]1C. The Hall–Kier alpha value is -2.39. The number of hydrogen-bond donors (Lipinski definition) is 0. The molecule has 0 amide bonds. The van der Waals surface area contributed by atoms with Gasteiger partial charge < -0.3 is 4.55 Å². The molecule has 3 aromatic rings. The third kappa shape index (κ3) is 3.32. The average molecular weight is 384 g/mol. The molecule has 0 aliphatic carbocycles. The van der Waals surface area contributed by atoms with Crippen LogP contribution in [0, 0.1) is 6.92 Å². The van der Waals surface area contributed by atoms with Crippen LogP contribution in [-0.4, -0.2) is 17.5 Å². The summed E-state index contributed by atoms with van der Waals surface area (Å²) in [6.07, 6.45) is -4.44. The lowest BCUT2D eigenvalue weighted by Crippen LogP contribution is -2.31. The predicted octanol–water partition coefficient (Wildman–Crippen LogP) is 2.75. The maximum absolute atomic E-state index is 13.0. The molecule has 138 valence electrons. The molecule has 0 saturated heterocycles. The van der Waals surface area contributed by atoms with E-state index in [-0.39, 0.29) is 11.4 Å². The van der Waals surface area contributed by atoms with Gasteiger partial charge in [0.05, 0.1) is 17.5 Å². The van der Waals surface area contributed by atoms with Crippen LogP contribution in [0.3, 0.4) is 0 Å². The summed E-state index contributed by atoms with van der Waals surface area (Å²) >= 11 is 0. The maximum Gasteiger partial charge on any atom is 0.416 e. The highest BCUT2D eigenvalue weighted by Crippen LogP contribution is 2.31. The van der Waals surface area contributed by atoms with Crippen LogP contribution in [-0.2, 0) is 29.9 Å². The van der Waals surface area contributed by atoms with Crippen LogP contribution in [0.4, 0.5) is 13.2 Å². The van der Waals surface area contributed by atoms with Crippen molar-refractivity contribution in [2.45, 2.75) is 24.5 Å². The molecule has 0 spiro atoms. The second-order valence-corrected chi connectivity index (χ2v) is 7.37. The minimum Gasteiger partial charge on any atom is -0.744 e. The molecule has 0 aliphatic rings. The van der Waals surface area contributed by atoms with Crippen LogP contribution < -0.4 is 4.57 Å². The molecule has 0 fully saturated rings. The van der Waals surface area contributed by atoms with Crippen LogP contribution in [0.15, 0.2) is 47.4 Å². The van der Waals surface area contributed by atoms with Gasteiger partial charge in [-0.05, 0) is 29.8 Å². The first-order valence-corrected chi connectivity index (χ1v) is 9.00. The van der Waals surface area contributed by atoms with Crippen molar-refractivity contribution in [3.63, 3.8) is 0 Å². The number of halogens is 3. The number of aromatic nitrogens is 2. The zero-order valence-electron chi connectivity index (χ0n) is 13.9. The summed E-state index contributed by atoms with van der Waals surface area (Å²) in [7, 11) is -2.78. The minimum atomic E-state index is -4.54. The molecule has 0 aliphatic heterocycles. The Balaban J connectivity index is 2.08. The van der Waals surface area contributed by atoms with Gasteiger partial charge in [0.25, 0.3) is 5.82 Å². The highest BCUT2D eigenvalue weighted by Gasteiger charge is 2.32. The van der Waals surface area contributed by atoms with Gasteiger partial charge in [-0.15, -0.1) is 0 Å². The van der Waals surface area contributed by atoms with Gasteiger partial charge >= 0.3 is 6.18 Å². The number of imidazole rings is 1. The normalized spacial score (nSPS) is 12.7. The van der Waals surface area contributed by atoms with E-state index in [1.54, 1.807) is 23.1 Å². The Morgan fingerprint density at radius 2 is 1.73 bits per heavy atom. The van der Waals surface area contributed by atoms with Crippen molar-refractivity contribution in [3.8, 4) is 0 Å². The van der Waals surface area contributed by atoms with Gasteiger partial charge in [0.15, 0.2) is 11.0 Å². The van der Waals surface area contributed by atoms with Crippen molar-refractivity contribution >= 4 is 21.2 Å². The lowest BCUT2D eigenvalue weighted by Gasteiger charge is -2.08. The van der Waals surface area contributed by atoms with E-state index in [1.165, 1.54) is 30.3 Å². The molecule has 0 saturated carbocycles. The van der Waals surface area contributed by atoms with Crippen molar-refractivity contribution in [2.24, 2.45) is 7.05 Å². The van der Waals surface area contributed by atoms with E-state index in [1.807, 2.05) is 0 Å². The topological polar surface area (TPSA) is 66.0 Å². The number of rotatable bonds is 3. The summed E-state index contributed by atoms with van der Waals surface area (Å²) in [5.74, 6) is 0.736. The molecule has 0 N–H and O–H groups in total. The molecule has 1 heterocycles. The van der Waals surface area contributed by atoms with Gasteiger partial charge in [0.1, 0.15) is 16.7 Å². The van der Waals surface area contributed by atoms with Gasteiger partial charge in [-0.1, -0.05) is 12.1 Å². The predicted molar refractivity (Wildman–Crippen MR) is 86.4 cm³/mol. The van der Waals surface area contributed by atoms with Crippen molar-refractivity contribution in [3.05, 3.63) is 59.4 Å². The molecule has 9 heteroatoms. The number of benzene rings is 2. The van der Waals surface area contributed by atoms with E-state index in [9.17, 15) is 26.1 Å². The van der Waals surface area contributed by atoms with E-state index >= 15 is 0 Å². The van der Waals surface area contributed by atoms with Crippen molar-refractivity contribution < 1.29 is 30.7 Å². The first kappa shape index (κ1) is 18.4. The molecule has 0 bridgehead atoms. The third-order valence-electron chi connectivity index (χ3n) is 4.38. The van der Waals surface area contributed by atoms with Crippen LogP contribution >= 0.6 is 0 Å². The van der Waals surface area contributed by atoms with Gasteiger partial charge in [0.2, 0.25) is 0 Å². The Morgan fingerprint density at radius 3 is 2.27 bits per heavy atom. The zero-order chi connectivity index (χ0) is 19.3. The summed E-state index contributed by atoms with van der Waals surface area (Å²) in [6, 6.07) is 8.90. The second-order valence-electron chi connectivity index (χ2n) is 5.99. The third-order valence-corrected chi connectivity index (χ3v) is 5.23. The lowest BCUT2D eigenvalue weighted by atomic mass is 10.2. The number of alkyl halides is 3. The van der Waals surface area contributed by atoms with Crippen LogP contribution in [0.25, 0.3) is 11.0 Å². The lowest BCUT2D eigenvalue weighted by molar-refractivity contribution is -0.652. The van der Waals surface area contributed by atoms with Crippen LogP contribution in [0.5, 0.6) is 0 Å². The van der Waals surface area contributed by atoms with E-state index in [4.69, 9.17) is 0 Å². The van der Waals surface area contributed by atoms with Gasteiger partial charge in [-0.2, -0.15) is 13.2 Å². The summed E-state index contributed by atoms with van der Waals surface area (Å²) in [6.45, 7) is 2.02. The fourth-order valence-electron chi connectivity index (χ4n) is 2.87. The van der Waals surface area contributed by atoms with Gasteiger partial charge in [-0.25, -0.2) is 17.6 Å². The Morgan fingerprint density at radius 1 is 1.12 bits per heavy atom. The average Bonchev–Trinajstić information content (AvgIpc) is 2.78. The van der Waals surface area contributed by atoms with E-state index < -0.39 is 21.9 Å². The first-order valence-electron chi connectivity index (χ1n) is 7.59. The van der Waals surface area contributed by atoms with Crippen molar-refractivity contribution in [1.29, 1.82) is 0 Å². The van der Waals surface area contributed by atoms with Crippen molar-refractivity contribution in [1.82, 2.24) is 4.57 Å². The number of fused-ring (bicyclic) bond motifs is 1. The summed E-state index contributed by atoms with van der Waals surface area (Å²) in [5.41, 5.74) is 0.988. The van der Waals surface area contributed by atoms with Crippen LogP contribution in [0.2, 0.25) is 0 Å². The Kier molecular flexibility index (Phi) is 4.32. The fraction of sp³-hybridized carbons (Fsp3) is 0.235. The van der Waals surface area contributed by atoms with E-state index in [0.717, 1.165) is 18.0 Å². The molecular formula is C17H15F3N2O3S. The fourth-order valence-corrected chi connectivity index (χ4v) is 3.34. The number of hydrogen-bond acceptors (Lipinski definition) is 3. The molecular weight excluding hydrogens is 369 g/mol. The highest BCUT2D eigenvalue weighted by atomic mass is 32.2. The van der Waals surface area contributed by atoms with Crippen LogP contribution in [0.1, 0.15) is 17.0 Å². The molecule has 1 aromatic heterocycles. The molecule has 0 atom stereocenters. The monoisotopic (exact) mass is 384 g/mol. The first-order chi connectivity index (χ1) is 12.0. The summed E-state index contributed by atoms with van der Waals surface area (Å²) in [4.78, 5) is -0.347. The maximum atomic E-state index is 13.0. The molecule has 5 nitrogen and oxygen atoms in total. The minimum absolute atomic E-state index is 0.240. The molecule has 26 heavy (non-hydrogen) atoms. The summed E-state index contributed by atoms with van der Waals surface area (Å²) < 4.78 is 75.6. The number of nitrogens with zero attached hydrogens (tertiary/aromatic N) is 2. The largest absolute Gasteiger partial charge is 0.744 e. The molecule has 2 aromatic carbocycles. The Labute approximate surface area is 148 Å². The quantitative estimate of drug-likeness (QED) is 0.515. The van der Waals surface area contributed by atoms with E-state index in [0.29, 0.717) is 16.6 Å². The smallest absolute Gasteiger partial charge is 0.416 e. The molecule has 0 unspecified atom stereocenters. The number of aryl methyl sites for hydroxylation is 1. The second kappa shape index (κ2) is 6.10. The molecule has 0 radical (unpaired) electrons. The highest BCUT2D eigenvalue weighted by molar-refractivity contribution is 7.85. The van der Waals surface area contributed by atoms with Gasteiger partial charge in [-0.3, -0.25) is 0 Å². The van der Waals surface area contributed by atoms with Gasteiger partial charge in [0, 0.05) is 13.0 Å². The van der Waals surface area contributed by atoms with Crippen molar-refractivity contribution in [2.75, 3.05) is 0 Å².